The van der Waals surface area contributed by atoms with Crippen molar-refractivity contribution < 1.29 is 22.5 Å². The second-order valence-electron chi connectivity index (χ2n) is 4.74. The molecular formula is C16H15F2NO3S. The molecule has 0 aliphatic heterocycles. The fourth-order valence-electron chi connectivity index (χ4n) is 1.85. The van der Waals surface area contributed by atoms with Gasteiger partial charge in [-0.1, -0.05) is 6.07 Å². The molecule has 122 valence electrons. The van der Waals surface area contributed by atoms with Gasteiger partial charge in [-0.15, -0.1) is 0 Å². The Morgan fingerprint density at radius 1 is 1.17 bits per heavy atom. The molecule has 0 aliphatic carbocycles. The van der Waals surface area contributed by atoms with Crippen LogP contribution >= 0.6 is 0 Å². The Labute approximate surface area is 134 Å². The summed E-state index contributed by atoms with van der Waals surface area (Å²) in [5.74, 6) is -2.10. The van der Waals surface area contributed by atoms with E-state index in [4.69, 9.17) is 4.74 Å². The lowest BCUT2D eigenvalue weighted by molar-refractivity contribution is -0.115. The second-order valence-corrected chi connectivity index (χ2v) is 6.51. The molecule has 2 atom stereocenters. The van der Waals surface area contributed by atoms with Crippen molar-refractivity contribution in [2.75, 3.05) is 12.4 Å². The summed E-state index contributed by atoms with van der Waals surface area (Å²) < 4.78 is 43.5. The summed E-state index contributed by atoms with van der Waals surface area (Å²) in [5.41, 5.74) is 0.100. The Balaban J connectivity index is 2.11. The molecule has 1 amide bonds. The van der Waals surface area contributed by atoms with E-state index < -0.39 is 33.6 Å². The number of anilines is 1. The van der Waals surface area contributed by atoms with Gasteiger partial charge in [0.15, 0.2) is 11.6 Å². The summed E-state index contributed by atoms with van der Waals surface area (Å²) in [6.07, 6.45) is 0. The van der Waals surface area contributed by atoms with Gasteiger partial charge in [-0.3, -0.25) is 9.00 Å². The number of benzene rings is 2. The van der Waals surface area contributed by atoms with Gasteiger partial charge in [-0.2, -0.15) is 0 Å². The zero-order valence-electron chi connectivity index (χ0n) is 12.5. The van der Waals surface area contributed by atoms with Crippen molar-refractivity contribution >= 4 is 22.4 Å². The first-order valence-corrected chi connectivity index (χ1v) is 7.94. The first-order valence-electron chi connectivity index (χ1n) is 6.73. The van der Waals surface area contributed by atoms with E-state index in [1.807, 2.05) is 0 Å². The molecule has 0 bridgehead atoms. The molecule has 0 radical (unpaired) electrons. The normalized spacial score (nSPS) is 13.2. The minimum atomic E-state index is -1.61. The average Bonchev–Trinajstić information content (AvgIpc) is 2.56. The van der Waals surface area contributed by atoms with E-state index in [1.54, 1.807) is 24.3 Å². The number of hydrogen-bond acceptors (Lipinski definition) is 3. The van der Waals surface area contributed by atoms with Crippen LogP contribution in [-0.4, -0.2) is 22.5 Å². The lowest BCUT2D eigenvalue weighted by Crippen LogP contribution is -2.29. The second kappa shape index (κ2) is 7.32. The summed E-state index contributed by atoms with van der Waals surface area (Å²) in [6.45, 7) is 1.49. The van der Waals surface area contributed by atoms with E-state index in [0.717, 1.165) is 12.1 Å². The molecule has 0 fully saturated rings. The highest BCUT2D eigenvalue weighted by Gasteiger charge is 2.22. The summed E-state index contributed by atoms with van der Waals surface area (Å²) >= 11 is 0. The van der Waals surface area contributed by atoms with E-state index >= 15 is 0 Å². The van der Waals surface area contributed by atoms with E-state index in [1.165, 1.54) is 20.1 Å². The molecule has 0 saturated carbocycles. The van der Waals surface area contributed by atoms with Crippen LogP contribution in [0.5, 0.6) is 5.75 Å². The van der Waals surface area contributed by atoms with Gasteiger partial charge in [-0.05, 0) is 37.3 Å². The number of halogens is 2. The molecule has 2 rings (SSSR count). The van der Waals surface area contributed by atoms with Gasteiger partial charge in [0.1, 0.15) is 11.0 Å². The van der Waals surface area contributed by atoms with Gasteiger partial charge in [0.25, 0.3) is 0 Å². The van der Waals surface area contributed by atoms with Crippen LogP contribution in [0.4, 0.5) is 14.5 Å². The SMILES string of the molecule is COc1cccc([S@@](=O)[C@H](C)C(=O)Nc2ccc(F)c(F)c2)c1. The predicted octanol–water partition coefficient (Wildman–Crippen LogP) is 3.11. The van der Waals surface area contributed by atoms with Gasteiger partial charge >= 0.3 is 0 Å². The molecule has 7 heteroatoms. The molecule has 0 aromatic heterocycles. The lowest BCUT2D eigenvalue weighted by Gasteiger charge is -2.13. The van der Waals surface area contributed by atoms with Crippen molar-refractivity contribution in [3.8, 4) is 5.75 Å². The Morgan fingerprint density at radius 3 is 2.57 bits per heavy atom. The van der Waals surface area contributed by atoms with Gasteiger partial charge in [0, 0.05) is 16.6 Å². The molecule has 23 heavy (non-hydrogen) atoms. The maximum atomic E-state index is 13.1. The summed E-state index contributed by atoms with van der Waals surface area (Å²) in [6, 6.07) is 9.59. The number of ether oxygens (including phenoxy) is 1. The van der Waals surface area contributed by atoms with Crippen LogP contribution in [0.15, 0.2) is 47.4 Å². The predicted molar refractivity (Wildman–Crippen MR) is 83.9 cm³/mol. The molecule has 0 unspecified atom stereocenters. The van der Waals surface area contributed by atoms with Crippen LogP contribution in [0, 0.1) is 11.6 Å². The van der Waals surface area contributed by atoms with Crippen molar-refractivity contribution in [1.82, 2.24) is 0 Å². The Hall–Kier alpha value is -2.28. The fourth-order valence-corrected chi connectivity index (χ4v) is 2.95. The number of methoxy groups -OCH3 is 1. The third-order valence-electron chi connectivity index (χ3n) is 3.15. The molecule has 0 aliphatic rings. The molecule has 0 spiro atoms. The van der Waals surface area contributed by atoms with Crippen LogP contribution in [0.3, 0.4) is 0 Å². The molecule has 1 N–H and O–H groups in total. The maximum Gasteiger partial charge on any atom is 0.240 e. The molecular weight excluding hydrogens is 324 g/mol. The van der Waals surface area contributed by atoms with Gasteiger partial charge in [0.2, 0.25) is 5.91 Å². The molecule has 0 saturated heterocycles. The van der Waals surface area contributed by atoms with E-state index in [9.17, 15) is 17.8 Å². The van der Waals surface area contributed by atoms with Crippen LogP contribution in [-0.2, 0) is 15.6 Å². The van der Waals surface area contributed by atoms with Crippen LogP contribution in [0.25, 0.3) is 0 Å². The van der Waals surface area contributed by atoms with Crippen LogP contribution in [0.1, 0.15) is 6.92 Å². The average molecular weight is 339 g/mol. The highest BCUT2D eigenvalue weighted by Crippen LogP contribution is 2.19. The fraction of sp³-hybridized carbons (Fsp3) is 0.188. The number of hydrogen-bond donors (Lipinski definition) is 1. The molecule has 2 aromatic carbocycles. The van der Waals surface area contributed by atoms with E-state index in [2.05, 4.69) is 5.32 Å². The maximum absolute atomic E-state index is 13.1. The van der Waals surface area contributed by atoms with Crippen molar-refractivity contribution in [3.05, 3.63) is 54.1 Å². The summed E-state index contributed by atoms with van der Waals surface area (Å²) in [4.78, 5) is 12.6. The number of amides is 1. The largest absolute Gasteiger partial charge is 0.497 e. The topological polar surface area (TPSA) is 55.4 Å². The highest BCUT2D eigenvalue weighted by atomic mass is 32.2. The molecule has 0 heterocycles. The molecule has 2 aromatic rings. The Kier molecular flexibility index (Phi) is 5.44. The van der Waals surface area contributed by atoms with Gasteiger partial charge in [0.05, 0.1) is 17.9 Å². The number of carbonyl (C=O) groups excluding carboxylic acids is 1. The number of rotatable bonds is 5. The van der Waals surface area contributed by atoms with Gasteiger partial charge < -0.3 is 10.1 Å². The first kappa shape index (κ1) is 17.1. The lowest BCUT2D eigenvalue weighted by atomic mass is 10.3. The van der Waals surface area contributed by atoms with E-state index in [-0.39, 0.29) is 5.69 Å². The minimum absolute atomic E-state index is 0.100. The van der Waals surface area contributed by atoms with Crippen molar-refractivity contribution in [1.29, 1.82) is 0 Å². The van der Waals surface area contributed by atoms with Crippen molar-refractivity contribution in [3.63, 3.8) is 0 Å². The summed E-state index contributed by atoms with van der Waals surface area (Å²) in [7, 11) is -0.126. The number of nitrogens with one attached hydrogen (secondary N) is 1. The monoisotopic (exact) mass is 339 g/mol. The third kappa shape index (κ3) is 4.13. The van der Waals surface area contributed by atoms with Gasteiger partial charge in [-0.25, -0.2) is 8.78 Å². The highest BCUT2D eigenvalue weighted by molar-refractivity contribution is 7.86. The zero-order chi connectivity index (χ0) is 17.0. The summed E-state index contributed by atoms with van der Waals surface area (Å²) in [5, 5.41) is 1.54. The minimum Gasteiger partial charge on any atom is -0.497 e. The van der Waals surface area contributed by atoms with Crippen molar-refractivity contribution in [2.24, 2.45) is 0 Å². The van der Waals surface area contributed by atoms with Crippen molar-refractivity contribution in [2.45, 2.75) is 17.1 Å². The van der Waals surface area contributed by atoms with E-state index in [0.29, 0.717) is 10.6 Å². The first-order chi connectivity index (χ1) is 10.9. The van der Waals surface area contributed by atoms with Crippen LogP contribution in [0.2, 0.25) is 0 Å². The molecule has 4 nitrogen and oxygen atoms in total. The quantitative estimate of drug-likeness (QED) is 0.911. The third-order valence-corrected chi connectivity index (χ3v) is 4.73. The number of carbonyl (C=O) groups is 1. The zero-order valence-corrected chi connectivity index (χ0v) is 13.3. The standard InChI is InChI=1S/C16H15F2NO3S/c1-10(23(21)13-5-3-4-12(9-13)22-2)16(20)19-11-6-7-14(17)15(18)8-11/h3-10H,1-2H3,(H,19,20)/t10-,23+/m1/s1. The van der Waals surface area contributed by atoms with Crippen LogP contribution < -0.4 is 10.1 Å². The smallest absolute Gasteiger partial charge is 0.240 e. The Morgan fingerprint density at radius 2 is 1.91 bits per heavy atom. The Bertz CT molecular complexity index is 752.